The summed E-state index contributed by atoms with van der Waals surface area (Å²) in [4.78, 5) is 29.8. The fourth-order valence-electron chi connectivity index (χ4n) is 4.03. The van der Waals surface area contributed by atoms with Crippen LogP contribution in [0.25, 0.3) is 10.9 Å². The Morgan fingerprint density at radius 2 is 2.08 bits per heavy atom. The molecule has 26 heavy (non-hydrogen) atoms. The number of aromatic nitrogens is 3. The number of nitrogens with zero attached hydrogens (tertiary/aromatic N) is 3. The first kappa shape index (κ1) is 15.4. The van der Waals surface area contributed by atoms with Gasteiger partial charge in [0.25, 0.3) is 11.5 Å². The lowest BCUT2D eigenvalue weighted by molar-refractivity contribution is 0.0458. The molecule has 3 heterocycles. The molecule has 132 valence electrons. The van der Waals surface area contributed by atoms with Crippen molar-refractivity contribution in [3.63, 3.8) is 0 Å². The van der Waals surface area contributed by atoms with E-state index in [0.29, 0.717) is 31.1 Å². The van der Waals surface area contributed by atoms with Crippen LogP contribution in [0.5, 0.6) is 0 Å². The van der Waals surface area contributed by atoms with E-state index in [1.54, 1.807) is 10.7 Å². The zero-order valence-corrected chi connectivity index (χ0v) is 14.4. The number of rotatable bonds is 3. The molecule has 0 radical (unpaired) electrons. The number of hydrogen-bond acceptors (Lipinski definition) is 3. The average molecular weight is 348 g/mol. The van der Waals surface area contributed by atoms with Crippen LogP contribution in [0, 0.1) is 5.92 Å². The van der Waals surface area contributed by atoms with Gasteiger partial charge in [0, 0.05) is 47.7 Å². The maximum Gasteiger partial charge on any atom is 0.267 e. The number of carbonyl (C=O) groups excluding carboxylic acids is 1. The Balaban J connectivity index is 1.26. The summed E-state index contributed by atoms with van der Waals surface area (Å²) >= 11 is 0. The molecular weight excluding hydrogens is 328 g/mol. The van der Waals surface area contributed by atoms with Crippen molar-refractivity contribution in [2.75, 3.05) is 13.1 Å². The van der Waals surface area contributed by atoms with Crippen molar-refractivity contribution in [1.82, 2.24) is 19.7 Å². The van der Waals surface area contributed by atoms with Gasteiger partial charge in [0.05, 0.1) is 12.2 Å². The lowest BCUT2D eigenvalue weighted by Gasteiger charge is -2.39. The number of hydrogen-bond donors (Lipinski definition) is 1. The van der Waals surface area contributed by atoms with Crippen molar-refractivity contribution in [2.24, 2.45) is 5.92 Å². The van der Waals surface area contributed by atoms with E-state index in [2.05, 4.69) is 10.1 Å². The highest BCUT2D eigenvalue weighted by Gasteiger charge is 2.32. The van der Waals surface area contributed by atoms with Crippen LogP contribution in [0.2, 0.25) is 0 Å². The predicted molar refractivity (Wildman–Crippen MR) is 98.2 cm³/mol. The van der Waals surface area contributed by atoms with E-state index in [1.807, 2.05) is 35.4 Å². The summed E-state index contributed by atoms with van der Waals surface area (Å²) < 4.78 is 1.59. The van der Waals surface area contributed by atoms with E-state index in [-0.39, 0.29) is 11.5 Å². The van der Waals surface area contributed by atoms with Gasteiger partial charge in [0.2, 0.25) is 0 Å². The van der Waals surface area contributed by atoms with Crippen LogP contribution in [0.1, 0.15) is 28.0 Å². The largest absolute Gasteiger partial charge is 0.361 e. The molecule has 0 bridgehead atoms. The molecule has 0 spiro atoms. The maximum atomic E-state index is 12.6. The van der Waals surface area contributed by atoms with Crippen molar-refractivity contribution in [3.05, 3.63) is 63.7 Å². The standard InChI is InChI=1S/C20H20N4O2/c25-19-9-14-2-1-3-18(14)22-24(19)12-13-10-23(11-13)20(26)16-4-5-17-15(8-16)6-7-21-17/h4-9,13,21H,1-3,10-12H2. The molecule has 1 aromatic carbocycles. The first-order valence-corrected chi connectivity index (χ1v) is 9.14. The van der Waals surface area contributed by atoms with Crippen molar-refractivity contribution in [1.29, 1.82) is 0 Å². The average Bonchev–Trinajstić information content (AvgIpc) is 3.24. The first-order chi connectivity index (χ1) is 12.7. The third kappa shape index (κ3) is 2.53. The van der Waals surface area contributed by atoms with Crippen LogP contribution in [0.4, 0.5) is 0 Å². The molecule has 1 fully saturated rings. The number of nitrogens with one attached hydrogen (secondary N) is 1. The van der Waals surface area contributed by atoms with E-state index in [0.717, 1.165) is 41.4 Å². The Bertz CT molecular complexity index is 1060. The monoisotopic (exact) mass is 348 g/mol. The first-order valence-electron chi connectivity index (χ1n) is 9.14. The van der Waals surface area contributed by atoms with Crippen molar-refractivity contribution in [2.45, 2.75) is 25.8 Å². The topological polar surface area (TPSA) is 71.0 Å². The molecule has 1 N–H and O–H groups in total. The maximum absolute atomic E-state index is 12.6. The third-order valence-corrected chi connectivity index (χ3v) is 5.50. The molecule has 2 aromatic heterocycles. The molecule has 1 amide bonds. The molecule has 1 saturated heterocycles. The minimum atomic E-state index is -0.0201. The Morgan fingerprint density at radius 3 is 2.96 bits per heavy atom. The second kappa shape index (κ2) is 5.83. The molecule has 6 heteroatoms. The van der Waals surface area contributed by atoms with Gasteiger partial charge in [-0.1, -0.05) is 0 Å². The minimum Gasteiger partial charge on any atom is -0.361 e. The van der Waals surface area contributed by atoms with Gasteiger partial charge in [-0.15, -0.1) is 0 Å². The highest BCUT2D eigenvalue weighted by molar-refractivity contribution is 5.98. The number of likely N-dealkylation sites (tertiary alicyclic amines) is 1. The van der Waals surface area contributed by atoms with Crippen molar-refractivity contribution < 1.29 is 4.79 Å². The Kier molecular flexibility index (Phi) is 3.45. The number of fused-ring (bicyclic) bond motifs is 2. The molecular formula is C20H20N4O2. The van der Waals surface area contributed by atoms with Gasteiger partial charge in [0.15, 0.2) is 0 Å². The van der Waals surface area contributed by atoms with Crippen molar-refractivity contribution in [3.8, 4) is 0 Å². The quantitative estimate of drug-likeness (QED) is 0.787. The summed E-state index contributed by atoms with van der Waals surface area (Å²) in [7, 11) is 0. The lowest BCUT2D eigenvalue weighted by Crippen LogP contribution is -2.52. The summed E-state index contributed by atoms with van der Waals surface area (Å²) in [6, 6.07) is 9.43. The minimum absolute atomic E-state index is 0.0201. The number of aryl methyl sites for hydroxylation is 2. The van der Waals surface area contributed by atoms with Crippen LogP contribution >= 0.6 is 0 Å². The Hall–Kier alpha value is -2.89. The zero-order chi connectivity index (χ0) is 17.7. The van der Waals surface area contributed by atoms with Crippen LogP contribution < -0.4 is 5.56 Å². The second-order valence-electron chi connectivity index (χ2n) is 7.35. The molecule has 0 saturated carbocycles. The van der Waals surface area contributed by atoms with Crippen LogP contribution in [0.15, 0.2) is 41.3 Å². The van der Waals surface area contributed by atoms with Gasteiger partial charge in [0.1, 0.15) is 0 Å². The van der Waals surface area contributed by atoms with Crippen LogP contribution in [-0.4, -0.2) is 38.7 Å². The van der Waals surface area contributed by atoms with Crippen LogP contribution in [-0.2, 0) is 19.4 Å². The van der Waals surface area contributed by atoms with E-state index in [4.69, 9.17) is 0 Å². The Morgan fingerprint density at radius 1 is 1.19 bits per heavy atom. The number of H-pyrrole nitrogens is 1. The fraction of sp³-hybridized carbons (Fsp3) is 0.350. The summed E-state index contributed by atoms with van der Waals surface area (Å²) in [6.07, 6.45) is 4.89. The number of aromatic amines is 1. The lowest BCUT2D eigenvalue weighted by atomic mass is 9.98. The number of benzene rings is 1. The van der Waals surface area contributed by atoms with Gasteiger partial charge in [-0.05, 0) is 49.1 Å². The molecule has 0 atom stereocenters. The van der Waals surface area contributed by atoms with Gasteiger partial charge in [-0.25, -0.2) is 4.68 Å². The number of carbonyl (C=O) groups is 1. The normalized spacial score (nSPS) is 16.7. The number of amides is 1. The SMILES string of the molecule is O=C(c1ccc2[nH]ccc2c1)N1CC(Cn2nc3c(cc2=O)CCC3)C1. The third-order valence-electron chi connectivity index (χ3n) is 5.50. The van der Waals surface area contributed by atoms with E-state index < -0.39 is 0 Å². The zero-order valence-electron chi connectivity index (χ0n) is 14.4. The fourth-order valence-corrected chi connectivity index (χ4v) is 4.03. The molecule has 2 aliphatic rings. The molecule has 6 nitrogen and oxygen atoms in total. The van der Waals surface area contributed by atoms with Crippen molar-refractivity contribution >= 4 is 16.8 Å². The molecule has 1 aliphatic heterocycles. The smallest absolute Gasteiger partial charge is 0.267 e. The van der Waals surface area contributed by atoms with Crippen LogP contribution in [0.3, 0.4) is 0 Å². The van der Waals surface area contributed by atoms with E-state index in [9.17, 15) is 9.59 Å². The predicted octanol–water partition coefficient (Wildman–Crippen LogP) is 1.99. The van der Waals surface area contributed by atoms with E-state index in [1.165, 1.54) is 0 Å². The van der Waals surface area contributed by atoms with Gasteiger partial charge in [-0.3, -0.25) is 9.59 Å². The molecule has 0 unspecified atom stereocenters. The van der Waals surface area contributed by atoms with Gasteiger partial charge in [-0.2, -0.15) is 5.10 Å². The molecule has 1 aliphatic carbocycles. The van der Waals surface area contributed by atoms with E-state index >= 15 is 0 Å². The summed E-state index contributed by atoms with van der Waals surface area (Å²) in [5.74, 6) is 0.346. The molecule has 5 rings (SSSR count). The van der Waals surface area contributed by atoms with Gasteiger partial charge >= 0.3 is 0 Å². The highest BCUT2D eigenvalue weighted by atomic mass is 16.2. The van der Waals surface area contributed by atoms with Gasteiger partial charge < -0.3 is 9.88 Å². The second-order valence-corrected chi connectivity index (χ2v) is 7.35. The summed E-state index contributed by atoms with van der Waals surface area (Å²) in [5, 5.41) is 5.57. The Labute approximate surface area is 150 Å². The highest BCUT2D eigenvalue weighted by Crippen LogP contribution is 2.23. The summed E-state index contributed by atoms with van der Waals surface area (Å²) in [5.41, 5.74) is 3.90. The molecule has 3 aromatic rings. The summed E-state index contributed by atoms with van der Waals surface area (Å²) in [6.45, 7) is 1.94.